The number of thiol groups is 1. The van der Waals surface area contributed by atoms with Crippen LogP contribution in [0.2, 0.25) is 0 Å². The molecule has 0 atom stereocenters. The van der Waals surface area contributed by atoms with Gasteiger partial charge in [-0.15, -0.1) is 0 Å². The predicted octanol–water partition coefficient (Wildman–Crippen LogP) is 2.73. The van der Waals surface area contributed by atoms with E-state index in [-0.39, 0.29) is 0 Å². The topological polar surface area (TPSA) is 20.2 Å². The smallest absolute Gasteiger partial charge is 0.116 e. The first-order valence-corrected chi connectivity index (χ1v) is 4.52. The molecule has 0 spiro atoms. The Labute approximate surface area is 78.2 Å². The van der Waals surface area contributed by atoms with Gasteiger partial charge >= 0.3 is 0 Å². The summed E-state index contributed by atoms with van der Waals surface area (Å²) in [5.41, 5.74) is 1.02. The van der Waals surface area contributed by atoms with Crippen LogP contribution < -0.4 is 0 Å². The van der Waals surface area contributed by atoms with Crippen LogP contribution >= 0.6 is 12.6 Å². The molecule has 0 radical (unpaired) electrons. The average Bonchev–Trinajstić information content (AvgIpc) is 2.05. The van der Waals surface area contributed by atoms with E-state index < -0.39 is 0 Å². The van der Waals surface area contributed by atoms with E-state index in [9.17, 15) is 0 Å². The van der Waals surface area contributed by atoms with Gasteiger partial charge in [-0.2, -0.15) is 12.6 Å². The largest absolute Gasteiger partial charge is 0.508 e. The fraction of sp³-hybridized carbons (Fsp3) is 0.200. The van der Waals surface area contributed by atoms with Crippen molar-refractivity contribution in [2.75, 3.05) is 5.75 Å². The summed E-state index contributed by atoms with van der Waals surface area (Å²) in [6.45, 7) is 0. The molecule has 0 unspecified atom stereocenters. The highest BCUT2D eigenvalue weighted by Crippen LogP contribution is 2.12. The van der Waals surface area contributed by atoms with Crippen molar-refractivity contribution in [3.05, 3.63) is 35.9 Å². The molecule has 0 fully saturated rings. The summed E-state index contributed by atoms with van der Waals surface area (Å²) >= 11 is 4.09. The van der Waals surface area contributed by atoms with Crippen molar-refractivity contribution in [2.24, 2.45) is 0 Å². The minimum absolute atomic E-state index is 0.308. The third-order valence-electron chi connectivity index (χ3n) is 1.48. The molecule has 0 saturated heterocycles. The van der Waals surface area contributed by atoms with Gasteiger partial charge in [-0.25, -0.2) is 0 Å². The predicted molar refractivity (Wildman–Crippen MR) is 55.6 cm³/mol. The molecule has 64 valence electrons. The Morgan fingerprint density at radius 2 is 2.25 bits per heavy atom. The summed E-state index contributed by atoms with van der Waals surface area (Å²) in [4.78, 5) is 0. The highest BCUT2D eigenvalue weighted by atomic mass is 32.1. The van der Waals surface area contributed by atoms with E-state index >= 15 is 0 Å². The molecule has 0 aromatic heterocycles. The molecular formula is C10H12OS. The molecule has 1 rings (SSSR count). The van der Waals surface area contributed by atoms with E-state index in [4.69, 9.17) is 5.11 Å². The first-order chi connectivity index (χ1) is 5.83. The maximum Gasteiger partial charge on any atom is 0.116 e. The van der Waals surface area contributed by atoms with Crippen molar-refractivity contribution in [1.82, 2.24) is 0 Å². The minimum Gasteiger partial charge on any atom is -0.508 e. The highest BCUT2D eigenvalue weighted by molar-refractivity contribution is 7.80. The van der Waals surface area contributed by atoms with Gasteiger partial charge in [0.2, 0.25) is 0 Å². The van der Waals surface area contributed by atoms with Crippen molar-refractivity contribution in [3.8, 4) is 5.75 Å². The van der Waals surface area contributed by atoms with E-state index in [1.54, 1.807) is 12.1 Å². The lowest BCUT2D eigenvalue weighted by Gasteiger charge is -1.93. The normalized spacial score (nSPS) is 10.8. The van der Waals surface area contributed by atoms with Crippen molar-refractivity contribution < 1.29 is 5.11 Å². The third-order valence-corrected chi connectivity index (χ3v) is 1.73. The second kappa shape index (κ2) is 4.88. The average molecular weight is 180 g/mol. The first kappa shape index (κ1) is 9.20. The maximum atomic E-state index is 9.12. The molecule has 0 aliphatic carbocycles. The van der Waals surface area contributed by atoms with Crippen LogP contribution in [-0.2, 0) is 0 Å². The lowest BCUT2D eigenvalue weighted by Crippen LogP contribution is -1.71. The molecule has 0 aliphatic rings. The Bertz CT molecular complexity index is 268. The molecule has 0 heterocycles. The first-order valence-electron chi connectivity index (χ1n) is 3.89. The van der Waals surface area contributed by atoms with E-state index in [0.29, 0.717) is 5.75 Å². The lowest BCUT2D eigenvalue weighted by atomic mass is 10.2. The van der Waals surface area contributed by atoms with Gasteiger partial charge in [0.25, 0.3) is 0 Å². The SMILES string of the molecule is Oc1cccc(C=CCCS)c1. The number of phenolic OH excluding ortho intramolecular Hbond substituents is 1. The van der Waals surface area contributed by atoms with Crippen LogP contribution in [0.4, 0.5) is 0 Å². The van der Waals surface area contributed by atoms with Gasteiger partial charge in [0.05, 0.1) is 0 Å². The van der Waals surface area contributed by atoms with E-state index in [1.165, 1.54) is 0 Å². The van der Waals surface area contributed by atoms with Gasteiger partial charge in [0.1, 0.15) is 5.75 Å². The number of benzene rings is 1. The summed E-state index contributed by atoms with van der Waals surface area (Å²) in [6.07, 6.45) is 4.98. The summed E-state index contributed by atoms with van der Waals surface area (Å²) in [5.74, 6) is 1.16. The molecule has 0 bridgehead atoms. The van der Waals surface area contributed by atoms with Gasteiger partial charge in [0.15, 0.2) is 0 Å². The highest BCUT2D eigenvalue weighted by Gasteiger charge is 1.87. The third kappa shape index (κ3) is 3.01. The molecule has 12 heavy (non-hydrogen) atoms. The maximum absolute atomic E-state index is 9.12. The van der Waals surface area contributed by atoms with Gasteiger partial charge in [0, 0.05) is 0 Å². The molecular weight excluding hydrogens is 168 g/mol. The summed E-state index contributed by atoms with van der Waals surface area (Å²) in [7, 11) is 0. The van der Waals surface area contributed by atoms with Crippen LogP contribution in [0.3, 0.4) is 0 Å². The van der Waals surface area contributed by atoms with Gasteiger partial charge in [-0.1, -0.05) is 24.3 Å². The Balaban J connectivity index is 2.63. The molecule has 0 amide bonds. The summed E-state index contributed by atoms with van der Waals surface area (Å²) in [6, 6.07) is 7.18. The van der Waals surface area contributed by atoms with Gasteiger partial charge in [-0.05, 0) is 29.9 Å². The second-order valence-corrected chi connectivity index (χ2v) is 2.96. The van der Waals surface area contributed by atoms with Crippen LogP contribution in [-0.4, -0.2) is 10.9 Å². The second-order valence-electron chi connectivity index (χ2n) is 2.51. The molecule has 0 saturated carbocycles. The number of phenols is 1. The van der Waals surface area contributed by atoms with Crippen molar-refractivity contribution in [3.63, 3.8) is 0 Å². The van der Waals surface area contributed by atoms with Crippen molar-refractivity contribution in [1.29, 1.82) is 0 Å². The minimum atomic E-state index is 0.308. The number of hydrogen-bond acceptors (Lipinski definition) is 2. The van der Waals surface area contributed by atoms with E-state index in [0.717, 1.165) is 17.7 Å². The summed E-state index contributed by atoms with van der Waals surface area (Å²) < 4.78 is 0. The van der Waals surface area contributed by atoms with Gasteiger partial charge in [-0.3, -0.25) is 0 Å². The number of allylic oxidation sites excluding steroid dienone is 1. The number of rotatable bonds is 3. The van der Waals surface area contributed by atoms with Crippen molar-refractivity contribution >= 4 is 18.7 Å². The quantitative estimate of drug-likeness (QED) is 0.685. The Kier molecular flexibility index (Phi) is 3.74. The van der Waals surface area contributed by atoms with Gasteiger partial charge < -0.3 is 5.11 Å². The monoisotopic (exact) mass is 180 g/mol. The zero-order valence-corrected chi connectivity index (χ0v) is 7.67. The number of hydrogen-bond donors (Lipinski definition) is 2. The zero-order valence-electron chi connectivity index (χ0n) is 6.77. The standard InChI is InChI=1S/C10H12OS/c11-10-6-3-5-9(8-10)4-1-2-7-12/h1,3-6,8,11-12H,2,7H2. The Hall–Kier alpha value is -0.890. The van der Waals surface area contributed by atoms with Crippen LogP contribution in [0.5, 0.6) is 5.75 Å². The molecule has 2 heteroatoms. The Morgan fingerprint density at radius 3 is 2.92 bits per heavy atom. The molecule has 1 nitrogen and oxygen atoms in total. The molecule has 1 aromatic rings. The van der Waals surface area contributed by atoms with Crippen LogP contribution in [0.1, 0.15) is 12.0 Å². The van der Waals surface area contributed by atoms with Crippen LogP contribution in [0.15, 0.2) is 30.3 Å². The molecule has 0 aliphatic heterocycles. The van der Waals surface area contributed by atoms with E-state index in [2.05, 4.69) is 12.6 Å². The molecule has 1 aromatic carbocycles. The summed E-state index contributed by atoms with van der Waals surface area (Å²) in [5, 5.41) is 9.12. The molecule has 1 N–H and O–H groups in total. The number of aromatic hydroxyl groups is 1. The van der Waals surface area contributed by atoms with Crippen LogP contribution in [0, 0.1) is 0 Å². The lowest BCUT2D eigenvalue weighted by molar-refractivity contribution is 0.475. The van der Waals surface area contributed by atoms with Crippen LogP contribution in [0.25, 0.3) is 6.08 Å². The van der Waals surface area contributed by atoms with E-state index in [1.807, 2.05) is 24.3 Å². The zero-order chi connectivity index (χ0) is 8.81. The van der Waals surface area contributed by atoms with Crippen molar-refractivity contribution in [2.45, 2.75) is 6.42 Å². The fourth-order valence-corrected chi connectivity index (χ4v) is 1.07. The fourth-order valence-electron chi connectivity index (χ4n) is 0.922. The Morgan fingerprint density at radius 1 is 1.42 bits per heavy atom.